The molecule has 0 unspecified atom stereocenters. The van der Waals surface area contributed by atoms with E-state index in [9.17, 15) is 0 Å². The Balaban J connectivity index is 2.34. The third-order valence-electron chi connectivity index (χ3n) is 2.00. The molecule has 0 bridgehead atoms. The lowest BCUT2D eigenvalue weighted by Crippen LogP contribution is -2.15. The van der Waals surface area contributed by atoms with Gasteiger partial charge in [-0.15, -0.1) is 0 Å². The summed E-state index contributed by atoms with van der Waals surface area (Å²) in [6, 6.07) is 5.97. The Labute approximate surface area is 89.9 Å². The van der Waals surface area contributed by atoms with E-state index in [1.165, 1.54) is 0 Å². The van der Waals surface area contributed by atoms with Crippen LogP contribution >= 0.6 is 0 Å². The topological polar surface area (TPSA) is 57.9 Å². The summed E-state index contributed by atoms with van der Waals surface area (Å²) in [4.78, 5) is 4.10. The number of hydrogen-bond acceptors (Lipinski definition) is 4. The lowest BCUT2D eigenvalue weighted by atomic mass is 10.2. The molecule has 1 N–H and O–H groups in total. The van der Waals surface area contributed by atoms with Gasteiger partial charge in [0, 0.05) is 24.7 Å². The molecule has 1 rings (SSSR count). The van der Waals surface area contributed by atoms with Crippen LogP contribution in [-0.4, -0.2) is 18.6 Å². The number of aromatic nitrogens is 1. The highest BCUT2D eigenvalue weighted by atomic mass is 16.5. The molecule has 4 nitrogen and oxygen atoms in total. The molecule has 0 aliphatic rings. The van der Waals surface area contributed by atoms with E-state index >= 15 is 0 Å². The Morgan fingerprint density at radius 3 is 3.20 bits per heavy atom. The van der Waals surface area contributed by atoms with Gasteiger partial charge in [-0.2, -0.15) is 5.26 Å². The molecule has 80 valence electrons. The zero-order chi connectivity index (χ0) is 10.9. The van der Waals surface area contributed by atoms with Crippen LogP contribution in [-0.2, 0) is 6.54 Å². The second kappa shape index (κ2) is 6.80. The Bertz CT molecular complexity index is 333. The average Bonchev–Trinajstić information content (AvgIpc) is 2.29. The van der Waals surface area contributed by atoms with Crippen LogP contribution in [0.3, 0.4) is 0 Å². The van der Waals surface area contributed by atoms with Crippen LogP contribution in [0.4, 0.5) is 0 Å². The van der Waals surface area contributed by atoms with Crippen molar-refractivity contribution in [2.75, 3.05) is 13.7 Å². The summed E-state index contributed by atoms with van der Waals surface area (Å²) in [6.45, 7) is 1.56. The number of nitrogens with zero attached hydrogens (tertiary/aromatic N) is 2. The van der Waals surface area contributed by atoms with Crippen molar-refractivity contribution in [2.24, 2.45) is 0 Å². The van der Waals surface area contributed by atoms with Crippen LogP contribution in [0.1, 0.15) is 18.4 Å². The monoisotopic (exact) mass is 205 g/mol. The van der Waals surface area contributed by atoms with Crippen molar-refractivity contribution in [2.45, 2.75) is 19.4 Å². The van der Waals surface area contributed by atoms with Gasteiger partial charge in [-0.05, 0) is 19.0 Å². The van der Waals surface area contributed by atoms with Crippen molar-refractivity contribution < 1.29 is 4.74 Å². The van der Waals surface area contributed by atoms with Crippen LogP contribution in [0.2, 0.25) is 0 Å². The molecule has 0 aliphatic carbocycles. The first-order chi connectivity index (χ1) is 7.38. The van der Waals surface area contributed by atoms with E-state index in [-0.39, 0.29) is 0 Å². The molecule has 0 saturated carbocycles. The number of methoxy groups -OCH3 is 1. The van der Waals surface area contributed by atoms with E-state index in [1.807, 2.05) is 12.1 Å². The van der Waals surface area contributed by atoms with Gasteiger partial charge in [-0.1, -0.05) is 6.07 Å². The molecule has 0 fully saturated rings. The minimum Gasteiger partial charge on any atom is -0.481 e. The normalized spacial score (nSPS) is 9.60. The maximum absolute atomic E-state index is 8.36. The van der Waals surface area contributed by atoms with Gasteiger partial charge >= 0.3 is 0 Å². The van der Waals surface area contributed by atoms with Crippen molar-refractivity contribution >= 4 is 0 Å². The molecule has 1 heterocycles. The molecule has 1 aromatic heterocycles. The number of nitrogens with one attached hydrogen (secondary N) is 1. The first-order valence-corrected chi connectivity index (χ1v) is 4.94. The Morgan fingerprint density at radius 2 is 2.47 bits per heavy atom. The highest BCUT2D eigenvalue weighted by Crippen LogP contribution is 2.12. The Hall–Kier alpha value is -1.60. The van der Waals surface area contributed by atoms with Gasteiger partial charge in [0.05, 0.1) is 13.2 Å². The minimum absolute atomic E-state index is 0.594. The highest BCUT2D eigenvalue weighted by Gasteiger charge is 2.01. The zero-order valence-corrected chi connectivity index (χ0v) is 8.86. The number of pyridine rings is 1. The van der Waals surface area contributed by atoms with Gasteiger partial charge in [0.15, 0.2) is 0 Å². The predicted octanol–water partition coefficient (Wildman–Crippen LogP) is 1.48. The molecule has 1 aromatic rings. The van der Waals surface area contributed by atoms with Crippen LogP contribution in [0, 0.1) is 11.3 Å². The van der Waals surface area contributed by atoms with E-state index in [4.69, 9.17) is 10.00 Å². The summed E-state index contributed by atoms with van der Waals surface area (Å²) >= 11 is 0. The molecule has 15 heavy (non-hydrogen) atoms. The maximum atomic E-state index is 8.36. The summed E-state index contributed by atoms with van der Waals surface area (Å²) in [5.41, 5.74) is 1.04. The first-order valence-electron chi connectivity index (χ1n) is 4.94. The van der Waals surface area contributed by atoms with Gasteiger partial charge in [-0.3, -0.25) is 0 Å². The minimum atomic E-state index is 0.594. The molecule has 0 atom stereocenters. The van der Waals surface area contributed by atoms with Crippen LogP contribution < -0.4 is 10.1 Å². The predicted molar refractivity (Wildman–Crippen MR) is 57.3 cm³/mol. The Morgan fingerprint density at radius 1 is 1.60 bits per heavy atom. The lowest BCUT2D eigenvalue weighted by Gasteiger charge is -2.07. The summed E-state index contributed by atoms with van der Waals surface area (Å²) in [5.74, 6) is 0.658. The fraction of sp³-hybridized carbons (Fsp3) is 0.455. The quantitative estimate of drug-likeness (QED) is 0.715. The lowest BCUT2D eigenvalue weighted by molar-refractivity contribution is 0.390. The smallest absolute Gasteiger partial charge is 0.217 e. The van der Waals surface area contributed by atoms with E-state index in [1.54, 1.807) is 13.3 Å². The van der Waals surface area contributed by atoms with Crippen molar-refractivity contribution in [1.82, 2.24) is 10.3 Å². The Kier molecular flexibility index (Phi) is 5.20. The average molecular weight is 205 g/mol. The van der Waals surface area contributed by atoms with Crippen LogP contribution in [0.5, 0.6) is 5.88 Å². The van der Waals surface area contributed by atoms with Crippen molar-refractivity contribution in [3.05, 3.63) is 23.9 Å². The van der Waals surface area contributed by atoms with E-state index in [0.29, 0.717) is 12.3 Å². The molecule has 0 amide bonds. The highest BCUT2D eigenvalue weighted by molar-refractivity contribution is 5.24. The van der Waals surface area contributed by atoms with Crippen LogP contribution in [0.15, 0.2) is 18.3 Å². The third kappa shape index (κ3) is 3.96. The fourth-order valence-electron chi connectivity index (χ4n) is 1.26. The maximum Gasteiger partial charge on any atom is 0.217 e. The number of rotatable bonds is 6. The first kappa shape index (κ1) is 11.5. The van der Waals surface area contributed by atoms with Gasteiger partial charge in [0.2, 0.25) is 5.88 Å². The molecule has 0 spiro atoms. The summed E-state index contributed by atoms with van der Waals surface area (Å²) in [6.07, 6.45) is 3.17. The van der Waals surface area contributed by atoms with E-state index in [2.05, 4.69) is 16.4 Å². The van der Waals surface area contributed by atoms with Gasteiger partial charge < -0.3 is 10.1 Å². The van der Waals surface area contributed by atoms with Gasteiger partial charge in [0.1, 0.15) is 0 Å². The van der Waals surface area contributed by atoms with Gasteiger partial charge in [0.25, 0.3) is 0 Å². The zero-order valence-electron chi connectivity index (χ0n) is 8.86. The van der Waals surface area contributed by atoms with E-state index in [0.717, 1.165) is 25.1 Å². The molecule has 0 radical (unpaired) electrons. The third-order valence-corrected chi connectivity index (χ3v) is 2.00. The number of hydrogen-bond donors (Lipinski definition) is 1. The fourth-order valence-corrected chi connectivity index (χ4v) is 1.26. The van der Waals surface area contributed by atoms with Gasteiger partial charge in [-0.25, -0.2) is 4.98 Å². The van der Waals surface area contributed by atoms with Crippen molar-refractivity contribution in [3.63, 3.8) is 0 Å². The second-order valence-corrected chi connectivity index (χ2v) is 3.11. The SMILES string of the molecule is COc1ncccc1CNCCCC#N. The summed E-state index contributed by atoms with van der Waals surface area (Å²) in [7, 11) is 1.61. The molecule has 0 saturated heterocycles. The van der Waals surface area contributed by atoms with Crippen molar-refractivity contribution in [1.29, 1.82) is 5.26 Å². The largest absolute Gasteiger partial charge is 0.481 e. The number of ether oxygens (including phenoxy) is 1. The molecule has 0 aromatic carbocycles. The molecular formula is C11H15N3O. The standard InChI is InChI=1S/C11H15N3O/c1-15-11-10(5-4-8-14-11)9-13-7-3-2-6-12/h4-5,8,13H,2-3,7,9H2,1H3. The number of unbranched alkanes of at least 4 members (excludes halogenated alkanes) is 1. The second-order valence-electron chi connectivity index (χ2n) is 3.11. The number of nitriles is 1. The summed E-state index contributed by atoms with van der Waals surface area (Å²) < 4.78 is 5.12. The van der Waals surface area contributed by atoms with Crippen LogP contribution in [0.25, 0.3) is 0 Å². The molecule has 0 aliphatic heterocycles. The molecular weight excluding hydrogens is 190 g/mol. The van der Waals surface area contributed by atoms with E-state index < -0.39 is 0 Å². The molecule has 4 heteroatoms. The summed E-state index contributed by atoms with van der Waals surface area (Å²) in [5, 5.41) is 11.6. The van der Waals surface area contributed by atoms with Crippen molar-refractivity contribution in [3.8, 4) is 11.9 Å².